The Bertz CT molecular complexity index is 468. The second-order valence-corrected chi connectivity index (χ2v) is 6.23. The van der Waals surface area contributed by atoms with Crippen LogP contribution in [-0.4, -0.2) is 9.71 Å². The summed E-state index contributed by atoms with van der Waals surface area (Å²) in [5, 5.41) is 0. The van der Waals surface area contributed by atoms with E-state index in [1.165, 1.54) is 0 Å². The van der Waals surface area contributed by atoms with Crippen LogP contribution in [0.25, 0.3) is 0 Å². The van der Waals surface area contributed by atoms with Crippen molar-refractivity contribution in [3.05, 3.63) is 48.0 Å². The van der Waals surface area contributed by atoms with E-state index in [9.17, 15) is 13.6 Å². The molecule has 4 heteroatoms. The number of carbonyl (C=O) groups is 1. The molecule has 21 heavy (non-hydrogen) atoms. The lowest BCUT2D eigenvalue weighted by Gasteiger charge is -2.24. The van der Waals surface area contributed by atoms with E-state index >= 15 is 0 Å². The van der Waals surface area contributed by atoms with E-state index in [1.807, 2.05) is 0 Å². The number of halogens is 3. The van der Waals surface area contributed by atoms with Crippen molar-refractivity contribution in [1.29, 1.82) is 0 Å². The Hall–Kier alpha value is -0.780. The lowest BCUT2D eigenvalue weighted by Crippen LogP contribution is -2.27. The fourth-order valence-electron chi connectivity index (χ4n) is 2.29. The minimum absolute atomic E-state index is 0.0462. The largest absolute Gasteiger partial charge is 0.282 e. The number of carbonyl (C=O) groups excluding carboxylic acids is 1. The van der Waals surface area contributed by atoms with Crippen molar-refractivity contribution < 1.29 is 13.6 Å². The van der Waals surface area contributed by atoms with Gasteiger partial charge in [-0.05, 0) is 24.5 Å². The summed E-state index contributed by atoms with van der Waals surface area (Å²) in [6, 6.07) is 6.91. The molecule has 1 rings (SSSR count). The Balaban J connectivity index is 2.79. The number of rotatable bonds is 9. The average molecular weight is 406 g/mol. The molecule has 0 saturated carbocycles. The smallest absolute Gasteiger partial charge is 0.269 e. The van der Waals surface area contributed by atoms with Gasteiger partial charge in [0.05, 0.1) is 0 Å². The monoisotopic (exact) mass is 406 g/mol. The molecule has 0 radical (unpaired) electrons. The summed E-state index contributed by atoms with van der Waals surface area (Å²) in [4.78, 5) is 11.2. The molecule has 0 aliphatic heterocycles. The molecule has 0 spiro atoms. The third-order valence-corrected chi connectivity index (χ3v) is 4.26. The van der Waals surface area contributed by atoms with Crippen molar-refractivity contribution in [3.8, 4) is 0 Å². The summed E-state index contributed by atoms with van der Waals surface area (Å²) in [5.41, 5.74) is 1.43. The third kappa shape index (κ3) is 5.85. The zero-order chi connectivity index (χ0) is 15.9. The molecule has 0 saturated heterocycles. The van der Waals surface area contributed by atoms with Gasteiger partial charge in [-0.1, -0.05) is 57.0 Å². The number of hydrogen-bond acceptors (Lipinski definition) is 1. The SMILES string of the molecule is C=CC(F)(F)C(CCCCC)Cc1ccc(C(=O)I)cc1. The molecule has 0 aliphatic rings. The number of benzene rings is 1. The Morgan fingerprint density at radius 2 is 1.95 bits per heavy atom. The minimum atomic E-state index is -2.86. The van der Waals surface area contributed by atoms with Gasteiger partial charge in [0.15, 0.2) is 0 Å². The molecule has 0 fully saturated rings. The maximum absolute atomic E-state index is 14.0. The van der Waals surface area contributed by atoms with Gasteiger partial charge in [0.2, 0.25) is 3.79 Å². The molecule has 0 aliphatic carbocycles. The Kier molecular flexibility index (Phi) is 7.49. The van der Waals surface area contributed by atoms with Crippen molar-refractivity contribution >= 4 is 26.4 Å². The lowest BCUT2D eigenvalue weighted by atomic mass is 9.88. The summed E-state index contributed by atoms with van der Waals surface area (Å²) in [6.07, 6.45) is 4.32. The van der Waals surface area contributed by atoms with Crippen LogP contribution in [0.3, 0.4) is 0 Å². The number of alkyl halides is 2. The van der Waals surface area contributed by atoms with Gasteiger partial charge >= 0.3 is 0 Å². The second-order valence-electron chi connectivity index (χ2n) is 5.25. The average Bonchev–Trinajstić information content (AvgIpc) is 2.47. The van der Waals surface area contributed by atoms with Crippen molar-refractivity contribution in [2.75, 3.05) is 0 Å². The first-order valence-corrected chi connectivity index (χ1v) is 8.28. The van der Waals surface area contributed by atoms with Gasteiger partial charge in [-0.2, -0.15) is 0 Å². The quantitative estimate of drug-likeness (QED) is 0.219. The molecular formula is C17H21F2IO. The molecule has 1 nitrogen and oxygen atoms in total. The minimum Gasteiger partial charge on any atom is -0.282 e. The molecule has 0 heterocycles. The molecular weight excluding hydrogens is 385 g/mol. The van der Waals surface area contributed by atoms with Crippen molar-refractivity contribution in [2.24, 2.45) is 5.92 Å². The summed E-state index contributed by atoms with van der Waals surface area (Å²) in [6.45, 7) is 5.32. The zero-order valence-corrected chi connectivity index (χ0v) is 14.4. The van der Waals surface area contributed by atoms with Gasteiger partial charge in [0, 0.05) is 34.1 Å². The van der Waals surface area contributed by atoms with Crippen molar-refractivity contribution in [1.82, 2.24) is 0 Å². The van der Waals surface area contributed by atoms with E-state index in [0.29, 0.717) is 18.4 Å². The molecule has 1 aromatic carbocycles. The Morgan fingerprint density at radius 3 is 2.43 bits per heavy atom. The maximum Gasteiger partial charge on any atom is 0.269 e. The van der Waals surface area contributed by atoms with E-state index in [0.717, 1.165) is 30.9 Å². The molecule has 1 aromatic rings. The van der Waals surface area contributed by atoms with E-state index in [4.69, 9.17) is 0 Å². The summed E-state index contributed by atoms with van der Waals surface area (Å²) < 4.78 is 27.9. The van der Waals surface area contributed by atoms with E-state index in [1.54, 1.807) is 46.9 Å². The Labute approximate surface area is 139 Å². The molecule has 0 amide bonds. The zero-order valence-electron chi connectivity index (χ0n) is 12.2. The molecule has 0 bridgehead atoms. The van der Waals surface area contributed by atoms with Crippen LogP contribution < -0.4 is 0 Å². The number of hydrogen-bond donors (Lipinski definition) is 0. The van der Waals surface area contributed by atoms with Crippen LogP contribution in [0.1, 0.15) is 48.5 Å². The molecule has 1 atom stereocenters. The van der Waals surface area contributed by atoms with Crippen LogP contribution in [-0.2, 0) is 6.42 Å². The van der Waals surface area contributed by atoms with Crippen LogP contribution in [0.5, 0.6) is 0 Å². The highest BCUT2D eigenvalue weighted by Gasteiger charge is 2.35. The van der Waals surface area contributed by atoms with Crippen LogP contribution in [0.2, 0.25) is 0 Å². The van der Waals surface area contributed by atoms with E-state index in [2.05, 4.69) is 13.5 Å². The lowest BCUT2D eigenvalue weighted by molar-refractivity contribution is -0.0133. The van der Waals surface area contributed by atoms with E-state index < -0.39 is 11.8 Å². The predicted molar refractivity (Wildman–Crippen MR) is 91.3 cm³/mol. The fourth-order valence-corrected chi connectivity index (χ4v) is 2.65. The first kappa shape index (κ1) is 18.3. The molecule has 0 aromatic heterocycles. The highest BCUT2D eigenvalue weighted by molar-refractivity contribution is 14.1. The van der Waals surface area contributed by atoms with Crippen LogP contribution in [0.15, 0.2) is 36.9 Å². The van der Waals surface area contributed by atoms with Gasteiger partial charge in [-0.3, -0.25) is 4.79 Å². The second kappa shape index (κ2) is 8.61. The van der Waals surface area contributed by atoms with Gasteiger partial charge in [-0.15, -0.1) is 0 Å². The van der Waals surface area contributed by atoms with Crippen molar-refractivity contribution in [2.45, 2.75) is 45.0 Å². The number of allylic oxidation sites excluding steroid dienone is 1. The van der Waals surface area contributed by atoms with Crippen LogP contribution in [0.4, 0.5) is 8.78 Å². The summed E-state index contributed by atoms with van der Waals surface area (Å²) in [5.74, 6) is -3.59. The summed E-state index contributed by atoms with van der Waals surface area (Å²) >= 11 is 1.71. The fraction of sp³-hybridized carbons (Fsp3) is 0.471. The number of unbranched alkanes of at least 4 members (excludes halogenated alkanes) is 2. The first-order chi connectivity index (χ1) is 9.90. The normalized spacial score (nSPS) is 13.0. The van der Waals surface area contributed by atoms with Crippen molar-refractivity contribution in [3.63, 3.8) is 0 Å². The Morgan fingerprint density at radius 1 is 1.33 bits per heavy atom. The highest BCUT2D eigenvalue weighted by atomic mass is 127. The maximum atomic E-state index is 14.0. The van der Waals surface area contributed by atoms with Gasteiger partial charge in [0.25, 0.3) is 5.92 Å². The molecule has 1 unspecified atom stereocenters. The van der Waals surface area contributed by atoms with Crippen LogP contribution >= 0.6 is 22.6 Å². The van der Waals surface area contributed by atoms with Gasteiger partial charge in [0.1, 0.15) is 0 Å². The predicted octanol–water partition coefficient (Wildman–Crippen LogP) is 5.82. The molecule has 116 valence electrons. The van der Waals surface area contributed by atoms with Gasteiger partial charge in [-0.25, -0.2) is 8.78 Å². The standard InChI is InChI=1S/C17H21F2IO/c1-3-5-6-7-15(17(18,19)4-2)12-13-8-10-14(11-9-13)16(20)21/h4,8-11,15H,2-3,5-7,12H2,1H3. The third-order valence-electron chi connectivity index (χ3n) is 3.64. The topological polar surface area (TPSA) is 17.1 Å². The van der Waals surface area contributed by atoms with Crippen LogP contribution in [0, 0.1) is 5.92 Å². The highest BCUT2D eigenvalue weighted by Crippen LogP contribution is 2.33. The molecule has 0 N–H and O–H groups in total. The summed E-state index contributed by atoms with van der Waals surface area (Å²) in [7, 11) is 0. The van der Waals surface area contributed by atoms with E-state index in [-0.39, 0.29) is 3.79 Å². The van der Waals surface area contributed by atoms with Gasteiger partial charge < -0.3 is 0 Å². The first-order valence-electron chi connectivity index (χ1n) is 7.21.